The molecule has 0 saturated heterocycles. The molecule has 0 bridgehead atoms. The van der Waals surface area contributed by atoms with E-state index in [-0.39, 0.29) is 17.5 Å². The van der Waals surface area contributed by atoms with Gasteiger partial charge in [-0.2, -0.15) is 0 Å². The Morgan fingerprint density at radius 3 is 2.85 bits per heavy atom. The molecule has 0 unspecified atom stereocenters. The Kier molecular flexibility index (Phi) is 4.77. The van der Waals surface area contributed by atoms with Gasteiger partial charge in [-0.05, 0) is 79.5 Å². The number of hydrogen-bond donors (Lipinski definition) is 0. The molecule has 0 amide bonds. The third-order valence-electron chi connectivity index (χ3n) is 7.13. The summed E-state index contributed by atoms with van der Waals surface area (Å²) in [6, 6.07) is 6.58. The number of fused-ring (bicyclic) bond motifs is 5. The molecule has 0 heterocycles. The minimum atomic E-state index is -0.179. The maximum atomic E-state index is 11.6. The van der Waals surface area contributed by atoms with E-state index in [2.05, 4.69) is 24.3 Å². The second-order valence-electron chi connectivity index (χ2n) is 8.10. The summed E-state index contributed by atoms with van der Waals surface area (Å²) in [4.78, 5) is 11.6. The lowest BCUT2D eigenvalue weighted by molar-refractivity contribution is -0.152. The summed E-state index contributed by atoms with van der Waals surface area (Å²) < 4.78 is 11.2. The molecule has 140 valence electrons. The van der Waals surface area contributed by atoms with Crippen LogP contribution in [-0.4, -0.2) is 19.2 Å². The van der Waals surface area contributed by atoms with Gasteiger partial charge in [0.05, 0.1) is 7.11 Å². The zero-order chi connectivity index (χ0) is 18.3. The zero-order valence-corrected chi connectivity index (χ0v) is 16.3. The van der Waals surface area contributed by atoms with Crippen molar-refractivity contribution in [3.8, 4) is 5.75 Å². The Morgan fingerprint density at radius 2 is 2.12 bits per heavy atom. The number of benzene rings is 1. The van der Waals surface area contributed by atoms with Crippen LogP contribution in [0.4, 0.5) is 0 Å². The minimum absolute atomic E-state index is 0.0294. The molecule has 3 aliphatic rings. The smallest absolute Gasteiger partial charge is 0.302 e. The first-order chi connectivity index (χ1) is 12.6. The zero-order valence-electron chi connectivity index (χ0n) is 15.5. The molecular formula is C22H27ClO3. The molecule has 0 radical (unpaired) electrons. The van der Waals surface area contributed by atoms with Crippen molar-refractivity contribution in [2.45, 2.75) is 57.5 Å². The molecule has 0 aliphatic heterocycles. The summed E-state index contributed by atoms with van der Waals surface area (Å²) >= 11 is 6.05. The Labute approximate surface area is 160 Å². The van der Waals surface area contributed by atoms with Crippen molar-refractivity contribution in [2.75, 3.05) is 7.11 Å². The van der Waals surface area contributed by atoms with Crippen molar-refractivity contribution < 1.29 is 14.3 Å². The van der Waals surface area contributed by atoms with E-state index in [1.165, 1.54) is 24.5 Å². The number of ether oxygens (including phenoxy) is 2. The van der Waals surface area contributed by atoms with Gasteiger partial charge in [0.2, 0.25) is 0 Å². The van der Waals surface area contributed by atoms with Crippen molar-refractivity contribution in [2.24, 2.45) is 17.3 Å². The van der Waals surface area contributed by atoms with Gasteiger partial charge in [-0.3, -0.25) is 4.79 Å². The second-order valence-corrected chi connectivity index (χ2v) is 8.35. The number of esters is 1. The van der Waals surface area contributed by atoms with Crippen LogP contribution in [-0.2, 0) is 16.0 Å². The number of rotatable bonds is 3. The third kappa shape index (κ3) is 2.76. The van der Waals surface area contributed by atoms with Crippen LogP contribution in [0.15, 0.2) is 29.8 Å². The number of aryl methyl sites for hydroxylation is 1. The maximum absolute atomic E-state index is 11.6. The summed E-state index contributed by atoms with van der Waals surface area (Å²) in [7, 11) is 1.73. The van der Waals surface area contributed by atoms with E-state index in [0.29, 0.717) is 17.8 Å². The molecule has 0 N–H and O–H groups in total. The molecule has 0 aromatic heterocycles. The van der Waals surface area contributed by atoms with Gasteiger partial charge < -0.3 is 9.47 Å². The summed E-state index contributed by atoms with van der Waals surface area (Å²) in [6.07, 6.45) is 8.63. The predicted molar refractivity (Wildman–Crippen MR) is 102 cm³/mol. The van der Waals surface area contributed by atoms with Gasteiger partial charge in [0, 0.05) is 17.9 Å². The van der Waals surface area contributed by atoms with E-state index in [1.54, 1.807) is 12.6 Å². The number of methoxy groups -OCH3 is 1. The quantitative estimate of drug-likeness (QED) is 0.681. The molecular weight excluding hydrogens is 348 g/mol. The van der Waals surface area contributed by atoms with Gasteiger partial charge in [-0.25, -0.2) is 0 Å². The highest BCUT2D eigenvalue weighted by atomic mass is 35.5. The average molecular weight is 375 g/mol. The van der Waals surface area contributed by atoms with Crippen LogP contribution in [0.1, 0.15) is 56.1 Å². The van der Waals surface area contributed by atoms with Crippen molar-refractivity contribution in [3.63, 3.8) is 0 Å². The lowest BCUT2D eigenvalue weighted by Gasteiger charge is -2.50. The lowest BCUT2D eigenvalue weighted by Crippen LogP contribution is -2.45. The third-order valence-corrected chi connectivity index (χ3v) is 7.26. The summed E-state index contributed by atoms with van der Waals surface area (Å²) in [6.45, 7) is 1.52. The predicted octanol–water partition coefficient (Wildman–Crippen LogP) is 5.22. The molecule has 4 rings (SSSR count). The number of carbonyl (C=O) groups is 1. The second kappa shape index (κ2) is 6.92. The number of halogens is 1. The fourth-order valence-corrected chi connectivity index (χ4v) is 6.40. The van der Waals surface area contributed by atoms with Gasteiger partial charge in [0.1, 0.15) is 11.9 Å². The Hall–Kier alpha value is -1.48. The Morgan fingerprint density at radius 1 is 1.27 bits per heavy atom. The average Bonchev–Trinajstić information content (AvgIpc) is 2.99. The van der Waals surface area contributed by atoms with Crippen molar-refractivity contribution >= 4 is 17.6 Å². The van der Waals surface area contributed by atoms with Crippen LogP contribution in [0.2, 0.25) is 0 Å². The minimum Gasteiger partial charge on any atom is -0.497 e. The van der Waals surface area contributed by atoms with E-state index in [4.69, 9.17) is 21.1 Å². The molecule has 1 aromatic rings. The largest absolute Gasteiger partial charge is 0.497 e. The van der Waals surface area contributed by atoms with Crippen molar-refractivity contribution in [1.29, 1.82) is 0 Å². The van der Waals surface area contributed by atoms with Gasteiger partial charge >= 0.3 is 5.97 Å². The van der Waals surface area contributed by atoms with E-state index in [1.807, 2.05) is 0 Å². The molecule has 1 aromatic carbocycles. The Balaban J connectivity index is 1.67. The fraction of sp³-hybridized carbons (Fsp3) is 0.591. The highest BCUT2D eigenvalue weighted by molar-refractivity contribution is 6.25. The highest BCUT2D eigenvalue weighted by Crippen LogP contribution is 2.62. The molecule has 2 saturated carbocycles. The summed E-state index contributed by atoms with van der Waals surface area (Å²) in [5.41, 5.74) is 4.51. The first-order valence-electron chi connectivity index (χ1n) is 9.71. The topological polar surface area (TPSA) is 35.5 Å². The Bertz CT molecular complexity index is 728. The number of hydrogen-bond acceptors (Lipinski definition) is 3. The van der Waals surface area contributed by atoms with Gasteiger partial charge in [0.15, 0.2) is 0 Å². The van der Waals surface area contributed by atoms with Crippen molar-refractivity contribution in [3.05, 3.63) is 40.9 Å². The monoisotopic (exact) mass is 374 g/mol. The first-order valence-corrected chi connectivity index (χ1v) is 10.1. The molecule has 3 nitrogen and oxygen atoms in total. The molecule has 2 fully saturated rings. The van der Waals surface area contributed by atoms with Gasteiger partial charge in [-0.15, -0.1) is 0 Å². The van der Waals surface area contributed by atoms with Crippen LogP contribution >= 0.6 is 11.6 Å². The molecule has 5 atom stereocenters. The highest BCUT2D eigenvalue weighted by Gasteiger charge is 2.57. The van der Waals surface area contributed by atoms with E-state index >= 15 is 0 Å². The van der Waals surface area contributed by atoms with Crippen LogP contribution < -0.4 is 4.74 Å². The van der Waals surface area contributed by atoms with Gasteiger partial charge in [-0.1, -0.05) is 23.7 Å². The fourth-order valence-electron chi connectivity index (χ4n) is 6.16. The van der Waals surface area contributed by atoms with Gasteiger partial charge in [0.25, 0.3) is 0 Å². The van der Waals surface area contributed by atoms with Crippen LogP contribution in [0.3, 0.4) is 0 Å². The maximum Gasteiger partial charge on any atom is 0.302 e. The summed E-state index contributed by atoms with van der Waals surface area (Å²) in [5.74, 6) is 2.55. The van der Waals surface area contributed by atoms with E-state index in [9.17, 15) is 4.79 Å². The van der Waals surface area contributed by atoms with E-state index in [0.717, 1.165) is 37.9 Å². The van der Waals surface area contributed by atoms with Crippen molar-refractivity contribution in [1.82, 2.24) is 0 Å². The first kappa shape index (κ1) is 17.9. The van der Waals surface area contributed by atoms with E-state index < -0.39 is 0 Å². The lowest BCUT2D eigenvalue weighted by atomic mass is 9.55. The molecule has 3 aliphatic carbocycles. The SMILES string of the molecule is COc1ccc2c(c1)CC[C@@H]1[C@@H]2CC[C@]2(/C=C/Cl)[C@@H](OC(C)=O)CC[C@@H]12. The standard InChI is InChI=1S/C22H27ClO3/c1-14(24)26-21-8-7-20-19-5-3-15-13-16(25-2)4-6-17(15)18(19)9-10-22(20,21)11-12-23/h4,6,11-13,18-21H,3,5,7-10H2,1-2H3/b12-11+/t18-,19-,20+,21+,22-/m1/s1. The van der Waals surface area contributed by atoms with Crippen LogP contribution in [0, 0.1) is 17.3 Å². The van der Waals surface area contributed by atoms with Crippen LogP contribution in [0.25, 0.3) is 0 Å². The number of carbonyl (C=O) groups excluding carboxylic acids is 1. The molecule has 0 spiro atoms. The molecule has 26 heavy (non-hydrogen) atoms. The summed E-state index contributed by atoms with van der Waals surface area (Å²) in [5, 5.41) is 0. The van der Waals surface area contributed by atoms with Crippen LogP contribution in [0.5, 0.6) is 5.75 Å². The normalized spacial score (nSPS) is 35.5. The molecule has 4 heteroatoms.